The van der Waals surface area contributed by atoms with Gasteiger partial charge in [-0.15, -0.1) is 11.3 Å². The number of thiazole rings is 1. The number of hydrogen-bond acceptors (Lipinski definition) is 8. The number of hydrogen-bond donors (Lipinski definition) is 1. The average molecular weight is 494 g/mol. The van der Waals surface area contributed by atoms with Gasteiger partial charge in [0.15, 0.2) is 10.4 Å². The second kappa shape index (κ2) is 10.4. The molecule has 172 valence electrons. The summed E-state index contributed by atoms with van der Waals surface area (Å²) in [6, 6.07) is 20.5. The Hall–Kier alpha value is -3.76. The summed E-state index contributed by atoms with van der Waals surface area (Å²) in [5.74, 6) is -0.512. The van der Waals surface area contributed by atoms with E-state index in [1.165, 1.54) is 31.2 Å². The van der Waals surface area contributed by atoms with Crippen molar-refractivity contribution in [2.75, 3.05) is 5.32 Å². The van der Waals surface area contributed by atoms with Gasteiger partial charge in [-0.05, 0) is 42.8 Å². The van der Waals surface area contributed by atoms with Crippen LogP contribution in [0, 0.1) is 10.1 Å². The van der Waals surface area contributed by atoms with E-state index in [4.69, 9.17) is 4.74 Å². The van der Waals surface area contributed by atoms with E-state index in [0.29, 0.717) is 11.3 Å². The first-order valence-electron chi connectivity index (χ1n) is 10.2. The van der Waals surface area contributed by atoms with E-state index < -0.39 is 22.9 Å². The van der Waals surface area contributed by atoms with Crippen molar-refractivity contribution in [1.82, 2.24) is 4.98 Å². The first kappa shape index (κ1) is 23.4. The van der Waals surface area contributed by atoms with Crippen molar-refractivity contribution in [3.63, 3.8) is 0 Å². The number of carbonyl (C=O) groups is 2. The Bertz CT molecular complexity index is 1320. The molecule has 0 fully saturated rings. The van der Waals surface area contributed by atoms with Gasteiger partial charge >= 0.3 is 5.97 Å². The molecule has 10 heteroatoms. The molecule has 1 amide bonds. The number of carbonyl (C=O) groups excluding carboxylic acids is 2. The van der Waals surface area contributed by atoms with Crippen LogP contribution in [-0.2, 0) is 15.3 Å². The van der Waals surface area contributed by atoms with Gasteiger partial charge in [-0.1, -0.05) is 42.1 Å². The van der Waals surface area contributed by atoms with Gasteiger partial charge in [-0.2, -0.15) is 0 Å². The van der Waals surface area contributed by atoms with Crippen molar-refractivity contribution < 1.29 is 19.2 Å². The number of amides is 1. The molecule has 1 N–H and O–H groups in total. The van der Waals surface area contributed by atoms with Crippen LogP contribution in [0.4, 0.5) is 11.4 Å². The molecule has 0 saturated heterocycles. The Morgan fingerprint density at radius 1 is 1.12 bits per heavy atom. The summed E-state index contributed by atoms with van der Waals surface area (Å²) < 4.78 is 7.38. The van der Waals surface area contributed by atoms with Crippen LogP contribution in [0.1, 0.15) is 22.8 Å². The minimum Gasteiger partial charge on any atom is -0.449 e. The van der Waals surface area contributed by atoms with Crippen LogP contribution in [0.2, 0.25) is 0 Å². The van der Waals surface area contributed by atoms with E-state index in [-0.39, 0.29) is 11.4 Å². The highest BCUT2D eigenvalue weighted by molar-refractivity contribution is 8.00. The molecule has 8 nitrogen and oxygen atoms in total. The molecule has 1 atom stereocenters. The van der Waals surface area contributed by atoms with Gasteiger partial charge in [-0.3, -0.25) is 14.9 Å². The van der Waals surface area contributed by atoms with Crippen molar-refractivity contribution >= 4 is 56.6 Å². The van der Waals surface area contributed by atoms with E-state index in [1.807, 2.05) is 36.4 Å². The van der Waals surface area contributed by atoms with Crippen molar-refractivity contribution in [3.8, 4) is 0 Å². The van der Waals surface area contributed by atoms with Crippen LogP contribution < -0.4 is 5.32 Å². The number of thioether (sulfide) groups is 1. The van der Waals surface area contributed by atoms with Gasteiger partial charge in [-0.25, -0.2) is 9.78 Å². The number of aromatic nitrogens is 1. The van der Waals surface area contributed by atoms with Crippen molar-refractivity contribution in [3.05, 3.63) is 94.0 Å². The molecule has 3 aromatic carbocycles. The van der Waals surface area contributed by atoms with Gasteiger partial charge in [0.1, 0.15) is 0 Å². The standard InChI is InChI=1S/C24H19N3O5S2/c1-15(22(28)25-18-5-4-6-19(13-18)27(30)31)32-23(29)17-11-9-16(10-12-17)14-33-24-26-20-7-2-3-8-21(20)34-24/h2-13,15H,14H2,1H3,(H,25,28). The zero-order valence-corrected chi connectivity index (χ0v) is 19.6. The SMILES string of the molecule is CC(OC(=O)c1ccc(CSc2nc3ccccc3s2)cc1)C(=O)Nc1cccc([N+](=O)[O-])c1. The number of non-ortho nitro benzene ring substituents is 1. The fourth-order valence-electron chi connectivity index (χ4n) is 3.02. The van der Waals surface area contributed by atoms with E-state index in [9.17, 15) is 19.7 Å². The monoisotopic (exact) mass is 493 g/mol. The lowest BCUT2D eigenvalue weighted by Gasteiger charge is -2.13. The molecule has 1 unspecified atom stereocenters. The number of benzene rings is 3. The first-order valence-corrected chi connectivity index (χ1v) is 12.0. The van der Waals surface area contributed by atoms with Crippen molar-refractivity contribution in [2.45, 2.75) is 23.1 Å². The summed E-state index contributed by atoms with van der Waals surface area (Å²) in [7, 11) is 0. The summed E-state index contributed by atoms with van der Waals surface area (Å²) in [5, 5.41) is 13.4. The van der Waals surface area contributed by atoms with Crippen LogP contribution >= 0.6 is 23.1 Å². The fraction of sp³-hybridized carbons (Fsp3) is 0.125. The minimum atomic E-state index is -1.08. The molecule has 1 heterocycles. The third-order valence-electron chi connectivity index (χ3n) is 4.80. The third kappa shape index (κ3) is 5.77. The average Bonchev–Trinajstić information content (AvgIpc) is 3.26. The number of esters is 1. The molecular weight excluding hydrogens is 474 g/mol. The van der Waals surface area contributed by atoms with Gasteiger partial charge in [0.05, 0.1) is 20.7 Å². The third-order valence-corrected chi connectivity index (χ3v) is 7.05. The lowest BCUT2D eigenvalue weighted by molar-refractivity contribution is -0.384. The minimum absolute atomic E-state index is 0.149. The van der Waals surface area contributed by atoms with Gasteiger partial charge < -0.3 is 10.1 Å². The molecule has 1 aromatic heterocycles. The van der Waals surface area contributed by atoms with E-state index in [0.717, 1.165) is 20.1 Å². The second-order valence-electron chi connectivity index (χ2n) is 7.28. The number of nitro benzene ring substituents is 1. The molecule has 0 radical (unpaired) electrons. The summed E-state index contributed by atoms with van der Waals surface area (Å²) in [6.07, 6.45) is -1.08. The topological polar surface area (TPSA) is 111 Å². The van der Waals surface area contributed by atoms with Crippen LogP contribution in [0.3, 0.4) is 0 Å². The number of nitrogens with zero attached hydrogens (tertiary/aromatic N) is 2. The number of rotatable bonds is 8. The molecule has 0 bridgehead atoms. The Labute approximate surface area is 203 Å². The number of nitro groups is 1. The number of nitrogens with one attached hydrogen (secondary N) is 1. The first-order chi connectivity index (χ1) is 16.4. The Balaban J connectivity index is 1.30. The Morgan fingerprint density at radius 2 is 1.88 bits per heavy atom. The predicted octanol–water partition coefficient (Wildman–Crippen LogP) is 5.68. The zero-order valence-electron chi connectivity index (χ0n) is 18.0. The quantitative estimate of drug-likeness (QED) is 0.145. The largest absolute Gasteiger partial charge is 0.449 e. The number of ether oxygens (including phenoxy) is 1. The fourth-order valence-corrected chi connectivity index (χ4v) is 5.04. The molecule has 34 heavy (non-hydrogen) atoms. The molecular formula is C24H19N3O5S2. The number of fused-ring (bicyclic) bond motifs is 1. The van der Waals surface area contributed by atoms with E-state index >= 15 is 0 Å². The number of para-hydroxylation sites is 1. The molecule has 0 aliphatic heterocycles. The van der Waals surface area contributed by atoms with Gasteiger partial charge in [0.2, 0.25) is 0 Å². The summed E-state index contributed by atoms with van der Waals surface area (Å²) in [6.45, 7) is 1.44. The Kier molecular flexibility index (Phi) is 7.19. The second-order valence-corrected chi connectivity index (χ2v) is 9.53. The molecule has 4 aromatic rings. The van der Waals surface area contributed by atoms with Crippen LogP contribution in [0.5, 0.6) is 0 Å². The van der Waals surface area contributed by atoms with Crippen molar-refractivity contribution in [2.24, 2.45) is 0 Å². The highest BCUT2D eigenvalue weighted by Crippen LogP contribution is 2.31. The maximum atomic E-state index is 12.4. The van der Waals surface area contributed by atoms with Gasteiger partial charge in [0.25, 0.3) is 11.6 Å². The number of anilines is 1. The molecule has 0 aliphatic rings. The zero-order chi connectivity index (χ0) is 24.1. The Morgan fingerprint density at radius 3 is 2.62 bits per heavy atom. The predicted molar refractivity (Wildman–Crippen MR) is 132 cm³/mol. The lowest BCUT2D eigenvalue weighted by atomic mass is 10.1. The van der Waals surface area contributed by atoms with E-state index in [1.54, 1.807) is 35.2 Å². The highest BCUT2D eigenvalue weighted by atomic mass is 32.2. The molecule has 4 rings (SSSR count). The summed E-state index contributed by atoms with van der Waals surface area (Å²) in [5.41, 5.74) is 2.43. The van der Waals surface area contributed by atoms with E-state index in [2.05, 4.69) is 10.3 Å². The van der Waals surface area contributed by atoms with Crippen molar-refractivity contribution in [1.29, 1.82) is 0 Å². The van der Waals surface area contributed by atoms with Gasteiger partial charge in [0, 0.05) is 23.6 Å². The molecule has 0 saturated carbocycles. The molecule has 0 spiro atoms. The molecule has 0 aliphatic carbocycles. The maximum absolute atomic E-state index is 12.4. The maximum Gasteiger partial charge on any atom is 0.338 e. The smallest absolute Gasteiger partial charge is 0.338 e. The summed E-state index contributed by atoms with van der Waals surface area (Å²) >= 11 is 3.27. The van der Waals surface area contributed by atoms with Crippen LogP contribution in [0.25, 0.3) is 10.2 Å². The van der Waals surface area contributed by atoms with Crippen LogP contribution in [-0.4, -0.2) is 27.9 Å². The van der Waals surface area contributed by atoms with Crippen LogP contribution in [0.15, 0.2) is 77.1 Å². The highest BCUT2D eigenvalue weighted by Gasteiger charge is 2.20. The lowest BCUT2D eigenvalue weighted by Crippen LogP contribution is -2.30. The summed E-state index contributed by atoms with van der Waals surface area (Å²) in [4.78, 5) is 39.7. The normalized spacial score (nSPS) is 11.7.